The summed E-state index contributed by atoms with van der Waals surface area (Å²) in [5.74, 6) is -1.14. The summed E-state index contributed by atoms with van der Waals surface area (Å²) in [6.07, 6.45) is -0.0194. The van der Waals surface area contributed by atoms with Crippen molar-refractivity contribution in [3.8, 4) is 0 Å². The zero-order chi connectivity index (χ0) is 22.1. The van der Waals surface area contributed by atoms with Crippen molar-refractivity contribution in [1.82, 2.24) is 4.90 Å². The number of carbonyl (C=O) groups excluding carboxylic acids is 3. The maximum atomic E-state index is 12.8. The summed E-state index contributed by atoms with van der Waals surface area (Å²) in [5.41, 5.74) is 0. The van der Waals surface area contributed by atoms with E-state index in [4.69, 9.17) is 34.6 Å². The van der Waals surface area contributed by atoms with Gasteiger partial charge in [0.25, 0.3) is 0 Å². The molecule has 0 unspecified atom stereocenters. The van der Waals surface area contributed by atoms with Crippen molar-refractivity contribution in [1.29, 1.82) is 0 Å². The summed E-state index contributed by atoms with van der Waals surface area (Å²) in [4.78, 5) is 35.2. The lowest BCUT2D eigenvalue weighted by Crippen LogP contribution is -2.51. The predicted octanol–water partition coefficient (Wildman–Crippen LogP) is 2.30. The van der Waals surface area contributed by atoms with E-state index in [-0.39, 0.29) is 50.3 Å². The third-order valence-corrected chi connectivity index (χ3v) is 6.60. The first-order valence-electron chi connectivity index (χ1n) is 9.65. The van der Waals surface area contributed by atoms with Crippen LogP contribution in [-0.4, -0.2) is 65.2 Å². The smallest absolute Gasteiger partial charge is 0.463 e. The normalized spacial score (nSPS) is 36.3. The second-order valence-electron chi connectivity index (χ2n) is 7.68. The number of carbonyl (C=O) groups is 3. The Bertz CT molecular complexity index is 784. The molecular formula is C18H25ClNO9P. The van der Waals surface area contributed by atoms with Gasteiger partial charge in [0.2, 0.25) is 5.91 Å². The highest BCUT2D eigenvalue weighted by molar-refractivity contribution is 7.48. The number of ketones is 1. The van der Waals surface area contributed by atoms with Gasteiger partial charge < -0.3 is 9.47 Å². The standard InChI is InChI=1S/C18H25ClNO9P/c1-11(2)27-15(23)5-4-8-25-30(24)26-10-13-16(29-30)18(3,19)17(28-13)20-7-6-12(21)9-14(20)22/h6-7,11,13,16-17H,4-5,8-10H2,1-3H3/t13-,16-,17-,18-,30-/m1/s1. The highest BCUT2D eigenvalue weighted by Crippen LogP contribution is 2.59. The van der Waals surface area contributed by atoms with Crippen molar-refractivity contribution in [2.45, 2.75) is 69.4 Å². The number of ether oxygens (including phenoxy) is 2. The van der Waals surface area contributed by atoms with Crippen LogP contribution in [0.4, 0.5) is 0 Å². The molecule has 12 heteroatoms. The highest BCUT2D eigenvalue weighted by atomic mass is 35.5. The fourth-order valence-electron chi connectivity index (χ4n) is 3.38. The monoisotopic (exact) mass is 465 g/mol. The molecule has 0 saturated carbocycles. The first-order valence-corrected chi connectivity index (χ1v) is 11.5. The van der Waals surface area contributed by atoms with E-state index in [1.165, 1.54) is 17.2 Å². The molecule has 30 heavy (non-hydrogen) atoms. The minimum atomic E-state index is -3.93. The number of phosphoric ester groups is 1. The average molecular weight is 466 g/mol. The number of rotatable bonds is 7. The van der Waals surface area contributed by atoms with Gasteiger partial charge in [-0.05, 0) is 33.3 Å². The third kappa shape index (κ3) is 5.12. The molecule has 3 heterocycles. The van der Waals surface area contributed by atoms with Crippen LogP contribution in [0, 0.1) is 0 Å². The lowest BCUT2D eigenvalue weighted by molar-refractivity contribution is -0.148. The molecule has 0 aromatic heterocycles. The van der Waals surface area contributed by atoms with Crippen LogP contribution in [0.3, 0.4) is 0 Å². The lowest BCUT2D eigenvalue weighted by Gasteiger charge is -2.36. The number of fused-ring (bicyclic) bond motifs is 1. The zero-order valence-corrected chi connectivity index (χ0v) is 18.6. The lowest BCUT2D eigenvalue weighted by atomic mass is 9.99. The minimum absolute atomic E-state index is 0.0411. The Morgan fingerprint density at radius 1 is 1.43 bits per heavy atom. The molecule has 0 radical (unpaired) electrons. The molecule has 3 rings (SSSR count). The number of allylic oxidation sites excluding steroid dienone is 1. The topological polar surface area (TPSA) is 118 Å². The Balaban J connectivity index is 1.59. The fourth-order valence-corrected chi connectivity index (χ4v) is 5.30. The van der Waals surface area contributed by atoms with Crippen LogP contribution in [0.25, 0.3) is 0 Å². The van der Waals surface area contributed by atoms with E-state index < -0.39 is 37.0 Å². The molecule has 3 aliphatic rings. The molecule has 2 fully saturated rings. The molecule has 168 valence electrons. The molecule has 10 nitrogen and oxygen atoms in total. The molecule has 0 N–H and O–H groups in total. The number of hydrogen-bond acceptors (Lipinski definition) is 9. The number of alkyl halides is 1. The number of hydrogen-bond donors (Lipinski definition) is 0. The highest BCUT2D eigenvalue weighted by Gasteiger charge is 2.61. The van der Waals surface area contributed by atoms with Crippen molar-refractivity contribution < 1.29 is 42.0 Å². The molecule has 5 atom stereocenters. The summed E-state index contributed by atoms with van der Waals surface area (Å²) in [5, 5.41) is 0. The molecule has 0 bridgehead atoms. The van der Waals surface area contributed by atoms with Crippen LogP contribution in [0.5, 0.6) is 0 Å². The number of nitrogens with zero attached hydrogens (tertiary/aromatic N) is 1. The Morgan fingerprint density at radius 2 is 2.17 bits per heavy atom. The summed E-state index contributed by atoms with van der Waals surface area (Å²) in [6, 6.07) is 0. The van der Waals surface area contributed by atoms with Gasteiger partial charge in [-0.25, -0.2) is 4.57 Å². The average Bonchev–Trinajstić information content (AvgIpc) is 2.89. The molecular weight excluding hydrogens is 441 g/mol. The van der Waals surface area contributed by atoms with E-state index in [1.54, 1.807) is 20.8 Å². The van der Waals surface area contributed by atoms with Crippen LogP contribution < -0.4 is 0 Å². The van der Waals surface area contributed by atoms with Crippen molar-refractivity contribution >= 4 is 37.1 Å². The molecule has 0 aliphatic carbocycles. The summed E-state index contributed by atoms with van der Waals surface area (Å²) >= 11 is 6.66. The number of phosphoric acid groups is 1. The molecule has 3 aliphatic heterocycles. The van der Waals surface area contributed by atoms with E-state index in [0.717, 1.165) is 0 Å². The van der Waals surface area contributed by atoms with Gasteiger partial charge in [0.15, 0.2) is 12.0 Å². The second-order valence-corrected chi connectivity index (χ2v) is 10.1. The third-order valence-electron chi connectivity index (χ3n) is 4.75. The number of amides is 1. The van der Waals surface area contributed by atoms with E-state index in [0.29, 0.717) is 0 Å². The van der Waals surface area contributed by atoms with Crippen molar-refractivity contribution in [2.24, 2.45) is 0 Å². The Morgan fingerprint density at radius 3 is 2.83 bits per heavy atom. The number of esters is 1. The SMILES string of the molecule is CC(C)OC(=O)CCCO[P@]1(=O)OC[C@H]2O[C@@H](N3C=CC(=O)CC3=O)[C@](C)(Cl)[C@@H]2O1. The van der Waals surface area contributed by atoms with Crippen LogP contribution in [0.2, 0.25) is 0 Å². The molecule has 1 amide bonds. The van der Waals surface area contributed by atoms with Gasteiger partial charge in [0, 0.05) is 12.6 Å². The van der Waals surface area contributed by atoms with Crippen LogP contribution in [0.1, 0.15) is 40.0 Å². The van der Waals surface area contributed by atoms with Gasteiger partial charge in [-0.1, -0.05) is 0 Å². The first kappa shape index (κ1) is 23.4. The van der Waals surface area contributed by atoms with E-state index >= 15 is 0 Å². The van der Waals surface area contributed by atoms with Crippen molar-refractivity contribution in [3.63, 3.8) is 0 Å². The second kappa shape index (κ2) is 9.06. The summed E-state index contributed by atoms with van der Waals surface area (Å²) in [7, 11) is -3.93. The Kier molecular flexibility index (Phi) is 7.06. The fraction of sp³-hybridized carbons (Fsp3) is 0.722. The molecule has 0 spiro atoms. The van der Waals surface area contributed by atoms with Crippen LogP contribution in [0.15, 0.2) is 12.3 Å². The number of halogens is 1. The van der Waals surface area contributed by atoms with Crippen molar-refractivity contribution in [2.75, 3.05) is 13.2 Å². The quantitative estimate of drug-likeness (QED) is 0.183. The minimum Gasteiger partial charge on any atom is -0.463 e. The molecule has 0 aromatic carbocycles. The van der Waals surface area contributed by atoms with Gasteiger partial charge in [0.05, 0.1) is 25.7 Å². The van der Waals surface area contributed by atoms with Gasteiger partial charge in [-0.15, -0.1) is 11.6 Å². The predicted molar refractivity (Wildman–Crippen MR) is 103 cm³/mol. The molecule has 2 saturated heterocycles. The van der Waals surface area contributed by atoms with Crippen LogP contribution >= 0.6 is 19.4 Å². The zero-order valence-electron chi connectivity index (χ0n) is 16.9. The van der Waals surface area contributed by atoms with Crippen molar-refractivity contribution in [3.05, 3.63) is 12.3 Å². The van der Waals surface area contributed by atoms with Gasteiger partial charge >= 0.3 is 13.8 Å². The molecule has 0 aromatic rings. The van der Waals surface area contributed by atoms with Gasteiger partial charge in [-0.2, -0.15) is 0 Å². The summed E-state index contributed by atoms with van der Waals surface area (Å²) < 4.78 is 39.8. The maximum Gasteiger partial charge on any atom is 0.475 e. The van der Waals surface area contributed by atoms with Gasteiger partial charge in [0.1, 0.15) is 17.1 Å². The van der Waals surface area contributed by atoms with E-state index in [1.807, 2.05) is 0 Å². The van der Waals surface area contributed by atoms with Crippen LogP contribution in [-0.2, 0) is 42.0 Å². The van der Waals surface area contributed by atoms with E-state index in [9.17, 15) is 18.9 Å². The maximum absolute atomic E-state index is 12.8. The first-order chi connectivity index (χ1) is 14.0. The largest absolute Gasteiger partial charge is 0.475 e. The van der Waals surface area contributed by atoms with E-state index in [2.05, 4.69) is 0 Å². The Labute approximate surface area is 179 Å². The van der Waals surface area contributed by atoms with Gasteiger partial charge in [-0.3, -0.25) is 32.9 Å². The summed E-state index contributed by atoms with van der Waals surface area (Å²) in [6.45, 7) is 4.94. The Hall–Kier alpha value is -1.29.